The quantitative estimate of drug-likeness (QED) is 0.423. The third-order valence-electron chi connectivity index (χ3n) is 6.43. The minimum Gasteiger partial charge on any atom is -0.368 e. The standard InChI is InChI=1S/C25H25ClN4O2S/c1-15-8-9-18(26)14-20(15)28-10-12-29(13-11-28)24(31)17(3)30-25(32)22-19-6-4-5-7-21(19)33-23(22)16(2)27-30/h4-9,14,17H,10-13H2,1-3H3/t17-/m0/s1. The lowest BCUT2D eigenvalue weighted by Crippen LogP contribution is -2.51. The molecule has 5 rings (SSSR count). The third-order valence-corrected chi connectivity index (χ3v) is 7.95. The van der Waals surface area contributed by atoms with Crippen molar-refractivity contribution in [1.82, 2.24) is 14.7 Å². The number of aryl methyl sites for hydroxylation is 2. The van der Waals surface area contributed by atoms with Crippen LogP contribution in [0.2, 0.25) is 5.02 Å². The van der Waals surface area contributed by atoms with Gasteiger partial charge in [0, 0.05) is 47.0 Å². The molecule has 0 saturated carbocycles. The molecule has 0 spiro atoms. The normalized spacial score (nSPS) is 15.4. The molecule has 1 aliphatic rings. The van der Waals surface area contributed by atoms with Gasteiger partial charge in [0.1, 0.15) is 6.04 Å². The number of hydrogen-bond acceptors (Lipinski definition) is 5. The Morgan fingerprint density at radius 2 is 1.82 bits per heavy atom. The van der Waals surface area contributed by atoms with Crippen molar-refractivity contribution in [2.24, 2.45) is 0 Å². The van der Waals surface area contributed by atoms with E-state index < -0.39 is 6.04 Å². The number of anilines is 1. The van der Waals surface area contributed by atoms with E-state index in [0.717, 1.165) is 44.8 Å². The number of nitrogens with zero attached hydrogens (tertiary/aromatic N) is 4. The van der Waals surface area contributed by atoms with Gasteiger partial charge in [-0.05, 0) is 44.5 Å². The Morgan fingerprint density at radius 3 is 2.58 bits per heavy atom. The van der Waals surface area contributed by atoms with Gasteiger partial charge >= 0.3 is 0 Å². The molecule has 3 heterocycles. The highest BCUT2D eigenvalue weighted by atomic mass is 35.5. The number of aromatic nitrogens is 2. The van der Waals surface area contributed by atoms with Gasteiger partial charge in [0.15, 0.2) is 0 Å². The summed E-state index contributed by atoms with van der Waals surface area (Å²) >= 11 is 7.77. The summed E-state index contributed by atoms with van der Waals surface area (Å²) in [4.78, 5) is 30.9. The number of thiophene rings is 1. The number of benzene rings is 2. The molecule has 1 saturated heterocycles. The van der Waals surface area contributed by atoms with Crippen molar-refractivity contribution in [3.63, 3.8) is 0 Å². The minimum atomic E-state index is -0.668. The summed E-state index contributed by atoms with van der Waals surface area (Å²) in [5.74, 6) is -0.0784. The molecule has 4 aromatic rings. The highest BCUT2D eigenvalue weighted by Crippen LogP contribution is 2.33. The molecular weight excluding hydrogens is 456 g/mol. The van der Waals surface area contributed by atoms with Crippen molar-refractivity contribution < 1.29 is 4.79 Å². The van der Waals surface area contributed by atoms with Crippen molar-refractivity contribution in [2.75, 3.05) is 31.1 Å². The van der Waals surface area contributed by atoms with Crippen LogP contribution in [0.15, 0.2) is 47.3 Å². The first kappa shape index (κ1) is 21.9. The summed E-state index contributed by atoms with van der Waals surface area (Å²) in [6.45, 7) is 8.35. The predicted molar refractivity (Wildman–Crippen MR) is 136 cm³/mol. The molecule has 0 radical (unpaired) electrons. The van der Waals surface area contributed by atoms with E-state index in [1.54, 1.807) is 18.3 Å². The molecule has 1 amide bonds. The van der Waals surface area contributed by atoms with Gasteiger partial charge < -0.3 is 9.80 Å². The van der Waals surface area contributed by atoms with Gasteiger partial charge in [0.05, 0.1) is 15.8 Å². The Balaban J connectivity index is 1.40. The highest BCUT2D eigenvalue weighted by molar-refractivity contribution is 7.26. The predicted octanol–water partition coefficient (Wildman–Crippen LogP) is 4.79. The zero-order valence-electron chi connectivity index (χ0n) is 18.8. The molecular formula is C25H25ClN4O2S. The fourth-order valence-electron chi connectivity index (χ4n) is 4.60. The van der Waals surface area contributed by atoms with E-state index in [4.69, 9.17) is 11.6 Å². The lowest BCUT2D eigenvalue weighted by Gasteiger charge is -2.37. The van der Waals surface area contributed by atoms with Crippen LogP contribution in [0.4, 0.5) is 5.69 Å². The van der Waals surface area contributed by atoms with Crippen LogP contribution in [0.25, 0.3) is 20.2 Å². The van der Waals surface area contributed by atoms with Gasteiger partial charge in [-0.15, -0.1) is 11.3 Å². The Labute approximate surface area is 201 Å². The molecule has 1 aliphatic heterocycles. The SMILES string of the molecule is Cc1ccc(Cl)cc1N1CCN(C(=O)[C@H](C)n2nc(C)c3sc4ccccc4c3c2=O)CC1. The fraction of sp³-hybridized carbons (Fsp3) is 0.320. The van der Waals surface area contributed by atoms with Crippen molar-refractivity contribution in [2.45, 2.75) is 26.8 Å². The van der Waals surface area contributed by atoms with Crippen molar-refractivity contribution in [3.8, 4) is 0 Å². The number of hydrogen-bond donors (Lipinski definition) is 0. The van der Waals surface area contributed by atoms with E-state index in [2.05, 4.69) is 16.9 Å². The zero-order chi connectivity index (χ0) is 23.3. The molecule has 8 heteroatoms. The van der Waals surface area contributed by atoms with Crippen molar-refractivity contribution in [1.29, 1.82) is 0 Å². The van der Waals surface area contributed by atoms with Gasteiger partial charge in [0.2, 0.25) is 5.91 Å². The van der Waals surface area contributed by atoms with Crippen LogP contribution in [0, 0.1) is 13.8 Å². The molecule has 6 nitrogen and oxygen atoms in total. The molecule has 2 aromatic carbocycles. The van der Waals surface area contributed by atoms with E-state index in [9.17, 15) is 9.59 Å². The van der Waals surface area contributed by atoms with Crippen LogP contribution in [-0.2, 0) is 4.79 Å². The minimum absolute atomic E-state index is 0.0784. The second kappa shape index (κ2) is 8.47. The molecule has 1 atom stereocenters. The second-order valence-electron chi connectivity index (χ2n) is 8.56. The van der Waals surface area contributed by atoms with E-state index in [-0.39, 0.29) is 11.5 Å². The summed E-state index contributed by atoms with van der Waals surface area (Å²) < 4.78 is 3.31. The van der Waals surface area contributed by atoms with Crippen LogP contribution >= 0.6 is 22.9 Å². The number of halogens is 1. The first-order valence-corrected chi connectivity index (χ1v) is 12.2. The average Bonchev–Trinajstić information content (AvgIpc) is 3.23. The van der Waals surface area contributed by atoms with Gasteiger partial charge in [-0.3, -0.25) is 9.59 Å². The third kappa shape index (κ3) is 3.79. The van der Waals surface area contributed by atoms with Gasteiger partial charge in [-0.2, -0.15) is 5.10 Å². The molecule has 2 aromatic heterocycles. The average molecular weight is 481 g/mol. The molecule has 170 valence electrons. The number of carbonyl (C=O) groups is 1. The Kier molecular flexibility index (Phi) is 5.62. The topological polar surface area (TPSA) is 58.4 Å². The first-order valence-electron chi connectivity index (χ1n) is 11.1. The van der Waals surface area contributed by atoms with Crippen LogP contribution in [0.3, 0.4) is 0 Å². The summed E-state index contributed by atoms with van der Waals surface area (Å²) in [7, 11) is 0. The monoisotopic (exact) mass is 480 g/mol. The van der Waals surface area contributed by atoms with Gasteiger partial charge in [-0.1, -0.05) is 35.9 Å². The zero-order valence-corrected chi connectivity index (χ0v) is 20.4. The van der Waals surface area contributed by atoms with Gasteiger partial charge in [0.25, 0.3) is 5.56 Å². The van der Waals surface area contributed by atoms with Gasteiger partial charge in [-0.25, -0.2) is 4.68 Å². The summed E-state index contributed by atoms with van der Waals surface area (Å²) in [6, 6.07) is 13.1. The molecule has 1 fully saturated rings. The number of carbonyl (C=O) groups excluding carboxylic acids is 1. The number of piperazine rings is 1. The summed E-state index contributed by atoms with van der Waals surface area (Å²) in [5, 5.41) is 6.83. The van der Waals surface area contributed by atoms with Crippen LogP contribution in [-0.4, -0.2) is 46.8 Å². The van der Waals surface area contributed by atoms with Crippen molar-refractivity contribution >= 4 is 54.7 Å². The Morgan fingerprint density at radius 1 is 1.09 bits per heavy atom. The summed E-state index contributed by atoms with van der Waals surface area (Å²) in [5.41, 5.74) is 2.83. The molecule has 0 bridgehead atoms. The van der Waals surface area contributed by atoms with E-state index >= 15 is 0 Å². The van der Waals surface area contributed by atoms with Crippen molar-refractivity contribution in [3.05, 3.63) is 69.1 Å². The molecule has 33 heavy (non-hydrogen) atoms. The molecule has 0 N–H and O–H groups in total. The maximum absolute atomic E-state index is 13.4. The highest BCUT2D eigenvalue weighted by Gasteiger charge is 2.29. The number of rotatable bonds is 3. The Bertz CT molecular complexity index is 1440. The maximum atomic E-state index is 13.4. The van der Waals surface area contributed by atoms with E-state index in [1.807, 2.05) is 54.3 Å². The van der Waals surface area contributed by atoms with Crippen LogP contribution < -0.4 is 10.5 Å². The number of amides is 1. The number of fused-ring (bicyclic) bond motifs is 3. The largest absolute Gasteiger partial charge is 0.368 e. The smallest absolute Gasteiger partial charge is 0.276 e. The summed E-state index contributed by atoms with van der Waals surface area (Å²) in [6.07, 6.45) is 0. The first-order chi connectivity index (χ1) is 15.8. The van der Waals surface area contributed by atoms with Crippen LogP contribution in [0.5, 0.6) is 0 Å². The maximum Gasteiger partial charge on any atom is 0.276 e. The van der Waals surface area contributed by atoms with E-state index in [0.29, 0.717) is 23.5 Å². The second-order valence-corrected chi connectivity index (χ2v) is 10.0. The van der Waals surface area contributed by atoms with E-state index in [1.165, 1.54) is 4.68 Å². The molecule has 0 unspecified atom stereocenters. The fourth-order valence-corrected chi connectivity index (χ4v) is 5.90. The lowest BCUT2D eigenvalue weighted by molar-refractivity contribution is -0.135. The Hall–Kier alpha value is -2.90. The lowest BCUT2D eigenvalue weighted by atomic mass is 10.1. The molecule has 0 aliphatic carbocycles. The van der Waals surface area contributed by atoms with Crippen LogP contribution in [0.1, 0.15) is 24.2 Å².